The normalized spacial score (nSPS) is 25.5. The van der Waals surface area contributed by atoms with E-state index in [1.807, 2.05) is 25.1 Å². The van der Waals surface area contributed by atoms with Gasteiger partial charge in [-0.2, -0.15) is 0 Å². The minimum Gasteiger partial charge on any atom is -0.486 e. The Morgan fingerprint density at radius 2 is 2.00 bits per heavy atom. The monoisotopic (exact) mass is 342 g/mol. The fraction of sp³-hybridized carbons (Fsp3) is 0.500. The number of hydrogen-bond acceptors (Lipinski definition) is 5. The molecule has 0 aromatic heterocycles. The second kappa shape index (κ2) is 5.58. The van der Waals surface area contributed by atoms with E-state index in [0.29, 0.717) is 36.2 Å². The first kappa shape index (κ1) is 15.4. The number of ether oxygens (including phenoxy) is 2. The maximum absolute atomic E-state index is 11.6. The molecular weight excluding hydrogens is 324 g/mol. The molecule has 2 N–H and O–H groups in total. The van der Waals surface area contributed by atoms with Gasteiger partial charge in [-0.15, -0.1) is 0 Å². The topological polar surface area (TPSA) is 76.7 Å². The highest BCUT2D eigenvalue weighted by Crippen LogP contribution is 2.32. The number of anilines is 1. The summed E-state index contributed by atoms with van der Waals surface area (Å²) in [6.07, 6.45) is 0.554. The van der Waals surface area contributed by atoms with E-state index >= 15 is 0 Å². The predicted octanol–water partition coefficient (Wildman–Crippen LogP) is 1.32. The highest BCUT2D eigenvalue weighted by molar-refractivity contribution is 7.91. The fourth-order valence-corrected chi connectivity index (χ4v) is 5.12. The summed E-state index contributed by atoms with van der Waals surface area (Å²) in [6, 6.07) is 5.48. The lowest BCUT2D eigenvalue weighted by Gasteiger charge is -2.26. The molecular formula is C14H18N2O4S2. The Labute approximate surface area is 135 Å². The average molecular weight is 342 g/mol. The molecule has 2 aliphatic rings. The summed E-state index contributed by atoms with van der Waals surface area (Å²) in [5.41, 5.74) is 0.253. The Kier molecular flexibility index (Phi) is 3.90. The molecule has 22 heavy (non-hydrogen) atoms. The first-order valence-electron chi connectivity index (χ1n) is 7.05. The van der Waals surface area contributed by atoms with Gasteiger partial charge < -0.3 is 20.1 Å². The molecule has 2 aliphatic heterocycles. The maximum Gasteiger partial charge on any atom is 0.171 e. The van der Waals surface area contributed by atoms with Gasteiger partial charge in [0.1, 0.15) is 13.2 Å². The number of sulfone groups is 1. The van der Waals surface area contributed by atoms with Crippen molar-refractivity contribution in [2.75, 3.05) is 30.0 Å². The zero-order chi connectivity index (χ0) is 15.8. The Balaban J connectivity index is 1.65. The molecule has 0 radical (unpaired) electrons. The Hall–Kier alpha value is -1.54. The summed E-state index contributed by atoms with van der Waals surface area (Å²) in [6.45, 7) is 2.94. The number of nitrogens with one attached hydrogen (secondary N) is 2. The number of hydrogen-bond donors (Lipinski definition) is 2. The van der Waals surface area contributed by atoms with Gasteiger partial charge in [-0.3, -0.25) is 0 Å². The molecule has 8 heteroatoms. The Bertz CT molecular complexity index is 705. The van der Waals surface area contributed by atoms with E-state index in [9.17, 15) is 8.42 Å². The molecule has 0 spiro atoms. The number of thiocarbonyl (C=S) groups is 1. The second-order valence-corrected chi connectivity index (χ2v) is 8.43. The summed E-state index contributed by atoms with van der Waals surface area (Å²) in [5, 5.41) is 6.57. The van der Waals surface area contributed by atoms with Gasteiger partial charge in [-0.25, -0.2) is 8.42 Å². The summed E-state index contributed by atoms with van der Waals surface area (Å²) in [4.78, 5) is 0. The van der Waals surface area contributed by atoms with Crippen LogP contribution in [0.25, 0.3) is 0 Å². The molecule has 6 nitrogen and oxygen atoms in total. The van der Waals surface area contributed by atoms with Crippen LogP contribution in [0.3, 0.4) is 0 Å². The molecule has 1 fully saturated rings. The lowest BCUT2D eigenvalue weighted by Crippen LogP contribution is -2.48. The zero-order valence-corrected chi connectivity index (χ0v) is 13.9. The minimum absolute atomic E-state index is 0.100. The predicted molar refractivity (Wildman–Crippen MR) is 88.5 cm³/mol. The molecule has 1 aromatic rings. The van der Waals surface area contributed by atoms with Crippen molar-refractivity contribution in [2.45, 2.75) is 18.9 Å². The van der Waals surface area contributed by atoms with Gasteiger partial charge in [0.05, 0.1) is 17.0 Å². The Morgan fingerprint density at radius 3 is 2.68 bits per heavy atom. The third-order valence-electron chi connectivity index (χ3n) is 3.72. The van der Waals surface area contributed by atoms with Crippen LogP contribution in [0.2, 0.25) is 0 Å². The van der Waals surface area contributed by atoms with Crippen LogP contribution in [0.1, 0.15) is 13.3 Å². The molecule has 0 aliphatic carbocycles. The SMILES string of the molecule is C[C@@]1(NC(=S)Nc2ccc3c(c2)OCCO3)CCS(=O)(=O)C1. The number of fused-ring (bicyclic) bond motifs is 1. The quantitative estimate of drug-likeness (QED) is 0.785. The lowest BCUT2D eigenvalue weighted by atomic mass is 10.0. The zero-order valence-electron chi connectivity index (χ0n) is 12.2. The molecule has 0 unspecified atom stereocenters. The highest BCUT2D eigenvalue weighted by atomic mass is 32.2. The molecule has 1 saturated heterocycles. The van der Waals surface area contributed by atoms with Crippen molar-refractivity contribution in [3.63, 3.8) is 0 Å². The van der Waals surface area contributed by atoms with Crippen molar-refractivity contribution in [2.24, 2.45) is 0 Å². The van der Waals surface area contributed by atoms with Gasteiger partial charge in [-0.05, 0) is 37.7 Å². The average Bonchev–Trinajstić information content (AvgIpc) is 2.72. The lowest BCUT2D eigenvalue weighted by molar-refractivity contribution is 0.171. The number of benzene rings is 1. The van der Waals surface area contributed by atoms with Crippen molar-refractivity contribution in [1.29, 1.82) is 0 Å². The van der Waals surface area contributed by atoms with Crippen LogP contribution in [0.15, 0.2) is 18.2 Å². The standard InChI is InChI=1S/C14H18N2O4S2/c1-14(4-7-22(17,18)9-14)16-13(21)15-10-2-3-11-12(8-10)20-6-5-19-11/h2-3,8H,4-7,9H2,1H3,(H2,15,16,21)/t14-/m1/s1. The van der Waals surface area contributed by atoms with Crippen LogP contribution >= 0.6 is 12.2 Å². The second-order valence-electron chi connectivity index (χ2n) is 5.84. The van der Waals surface area contributed by atoms with Crippen LogP contribution < -0.4 is 20.1 Å². The van der Waals surface area contributed by atoms with Crippen molar-refractivity contribution in [3.8, 4) is 11.5 Å². The highest BCUT2D eigenvalue weighted by Gasteiger charge is 2.38. The molecule has 1 atom stereocenters. The van der Waals surface area contributed by atoms with Crippen LogP contribution in [0.4, 0.5) is 5.69 Å². The van der Waals surface area contributed by atoms with Crippen molar-refractivity contribution in [1.82, 2.24) is 5.32 Å². The van der Waals surface area contributed by atoms with Crippen molar-refractivity contribution < 1.29 is 17.9 Å². The van der Waals surface area contributed by atoms with E-state index in [2.05, 4.69) is 10.6 Å². The molecule has 0 saturated carbocycles. The van der Waals surface area contributed by atoms with E-state index < -0.39 is 15.4 Å². The molecule has 3 rings (SSSR count). The molecule has 0 amide bonds. The van der Waals surface area contributed by atoms with E-state index in [1.165, 1.54) is 0 Å². The Morgan fingerprint density at radius 1 is 1.27 bits per heavy atom. The van der Waals surface area contributed by atoms with Gasteiger partial charge in [0.25, 0.3) is 0 Å². The minimum atomic E-state index is -2.97. The van der Waals surface area contributed by atoms with Crippen molar-refractivity contribution in [3.05, 3.63) is 18.2 Å². The van der Waals surface area contributed by atoms with E-state index in [-0.39, 0.29) is 11.5 Å². The fourth-order valence-electron chi connectivity index (χ4n) is 2.67. The summed E-state index contributed by atoms with van der Waals surface area (Å²) < 4.78 is 34.2. The van der Waals surface area contributed by atoms with Crippen molar-refractivity contribution >= 4 is 32.9 Å². The van der Waals surface area contributed by atoms with E-state index in [1.54, 1.807) is 0 Å². The van der Waals surface area contributed by atoms with Crippen LogP contribution in [0, 0.1) is 0 Å². The van der Waals surface area contributed by atoms with Crippen LogP contribution in [-0.2, 0) is 9.84 Å². The van der Waals surface area contributed by atoms with Gasteiger partial charge >= 0.3 is 0 Å². The molecule has 1 aromatic carbocycles. The third-order valence-corrected chi connectivity index (χ3v) is 5.83. The van der Waals surface area contributed by atoms with E-state index in [0.717, 1.165) is 5.69 Å². The molecule has 2 heterocycles. The smallest absolute Gasteiger partial charge is 0.171 e. The van der Waals surface area contributed by atoms with Gasteiger partial charge in [0.15, 0.2) is 26.4 Å². The first-order chi connectivity index (χ1) is 10.4. The molecule has 120 valence electrons. The van der Waals surface area contributed by atoms with Crippen LogP contribution in [-0.4, -0.2) is 43.8 Å². The summed E-state index contributed by atoms with van der Waals surface area (Å²) in [5.74, 6) is 1.68. The molecule has 0 bridgehead atoms. The largest absolute Gasteiger partial charge is 0.486 e. The van der Waals surface area contributed by atoms with Gasteiger partial charge in [0.2, 0.25) is 0 Å². The maximum atomic E-state index is 11.6. The van der Waals surface area contributed by atoms with E-state index in [4.69, 9.17) is 21.7 Å². The summed E-state index contributed by atoms with van der Waals surface area (Å²) in [7, 11) is -2.97. The summed E-state index contributed by atoms with van der Waals surface area (Å²) >= 11 is 5.29. The van der Waals surface area contributed by atoms with Gasteiger partial charge in [0, 0.05) is 11.8 Å². The van der Waals surface area contributed by atoms with Crippen LogP contribution in [0.5, 0.6) is 11.5 Å². The van der Waals surface area contributed by atoms with Gasteiger partial charge in [-0.1, -0.05) is 0 Å². The number of rotatable bonds is 2. The first-order valence-corrected chi connectivity index (χ1v) is 9.28. The third kappa shape index (κ3) is 3.44.